The Labute approximate surface area is 180 Å². The fourth-order valence-corrected chi connectivity index (χ4v) is 4.71. The topological polar surface area (TPSA) is 58.6 Å². The molecule has 0 aliphatic carbocycles. The monoisotopic (exact) mass is 420 g/mol. The molecule has 1 fully saturated rings. The van der Waals surface area contributed by atoms with Crippen molar-refractivity contribution in [2.45, 2.75) is 25.9 Å². The number of ether oxygens (including phenoxy) is 1. The van der Waals surface area contributed by atoms with Crippen LogP contribution in [0.15, 0.2) is 66.0 Å². The van der Waals surface area contributed by atoms with Gasteiger partial charge in [0.05, 0.1) is 19.1 Å². The molecule has 2 amide bonds. The molecule has 0 spiro atoms. The number of benzene rings is 2. The summed E-state index contributed by atoms with van der Waals surface area (Å²) >= 11 is 1.58. The van der Waals surface area contributed by atoms with Gasteiger partial charge in [0.2, 0.25) is 11.8 Å². The lowest BCUT2D eigenvalue weighted by Gasteiger charge is -2.27. The fraction of sp³-hybridized carbons (Fsp3) is 0.250. The van der Waals surface area contributed by atoms with Crippen molar-refractivity contribution in [1.29, 1.82) is 0 Å². The van der Waals surface area contributed by atoms with Crippen LogP contribution in [-0.2, 0) is 16.1 Å². The van der Waals surface area contributed by atoms with Crippen molar-refractivity contribution in [1.82, 2.24) is 5.32 Å². The third-order valence-corrected chi connectivity index (χ3v) is 6.37. The van der Waals surface area contributed by atoms with Crippen molar-refractivity contribution in [3.05, 3.63) is 82.0 Å². The maximum atomic E-state index is 13.1. The van der Waals surface area contributed by atoms with E-state index in [1.807, 2.05) is 73.0 Å². The first kappa shape index (κ1) is 20.2. The molecule has 2 atom stereocenters. The number of methoxy groups -OCH3 is 1. The Hall–Kier alpha value is -3.12. The normalized spacial score (nSPS) is 18.5. The average Bonchev–Trinajstić information content (AvgIpc) is 3.41. The van der Waals surface area contributed by atoms with Crippen LogP contribution < -0.4 is 15.0 Å². The highest BCUT2D eigenvalue weighted by atomic mass is 32.1. The number of aryl methyl sites for hydroxylation is 1. The maximum absolute atomic E-state index is 13.1. The van der Waals surface area contributed by atoms with Crippen LogP contribution >= 0.6 is 11.3 Å². The molecule has 1 saturated heterocycles. The quantitative estimate of drug-likeness (QED) is 0.640. The van der Waals surface area contributed by atoms with Crippen molar-refractivity contribution in [3.8, 4) is 5.75 Å². The number of rotatable bonds is 6. The van der Waals surface area contributed by atoms with Crippen molar-refractivity contribution in [3.63, 3.8) is 0 Å². The highest BCUT2D eigenvalue weighted by Gasteiger charge is 2.45. The SMILES string of the molecule is COc1ccc(CNC(=O)[C@H]2CC(=O)N(c3ccc(C)cc3)[C@@H]2c2cccs2)cc1. The zero-order chi connectivity index (χ0) is 21.1. The lowest BCUT2D eigenvalue weighted by Crippen LogP contribution is -2.35. The summed E-state index contributed by atoms with van der Waals surface area (Å²) in [6.45, 7) is 2.43. The molecule has 0 saturated carbocycles. The van der Waals surface area contributed by atoms with Gasteiger partial charge in [-0.05, 0) is 48.2 Å². The Morgan fingerprint density at radius 1 is 1.13 bits per heavy atom. The van der Waals surface area contributed by atoms with Gasteiger partial charge < -0.3 is 15.0 Å². The van der Waals surface area contributed by atoms with E-state index >= 15 is 0 Å². The summed E-state index contributed by atoms with van der Waals surface area (Å²) in [4.78, 5) is 28.9. The van der Waals surface area contributed by atoms with E-state index in [2.05, 4.69) is 5.32 Å². The Morgan fingerprint density at radius 3 is 2.50 bits per heavy atom. The van der Waals surface area contributed by atoms with Gasteiger partial charge in [0, 0.05) is 23.5 Å². The zero-order valence-electron chi connectivity index (χ0n) is 17.0. The number of thiophene rings is 1. The van der Waals surface area contributed by atoms with Crippen molar-refractivity contribution in [2.75, 3.05) is 12.0 Å². The van der Waals surface area contributed by atoms with E-state index in [1.165, 1.54) is 0 Å². The molecule has 0 radical (unpaired) electrons. The molecule has 1 aliphatic rings. The Kier molecular flexibility index (Phi) is 5.86. The van der Waals surface area contributed by atoms with E-state index in [4.69, 9.17) is 4.74 Å². The predicted molar refractivity (Wildman–Crippen MR) is 119 cm³/mol. The van der Waals surface area contributed by atoms with Gasteiger partial charge in [-0.1, -0.05) is 35.9 Å². The van der Waals surface area contributed by atoms with Gasteiger partial charge in [-0.25, -0.2) is 0 Å². The minimum Gasteiger partial charge on any atom is -0.497 e. The summed E-state index contributed by atoms with van der Waals surface area (Å²) in [6.07, 6.45) is 0.199. The van der Waals surface area contributed by atoms with Gasteiger partial charge in [-0.3, -0.25) is 9.59 Å². The van der Waals surface area contributed by atoms with E-state index in [-0.39, 0.29) is 24.3 Å². The van der Waals surface area contributed by atoms with Crippen molar-refractivity contribution >= 4 is 28.8 Å². The molecular formula is C24H24N2O3S. The van der Waals surface area contributed by atoms with Gasteiger partial charge in [-0.2, -0.15) is 0 Å². The molecule has 6 heteroatoms. The third kappa shape index (κ3) is 4.09. The van der Waals surface area contributed by atoms with E-state index in [9.17, 15) is 9.59 Å². The van der Waals surface area contributed by atoms with E-state index < -0.39 is 5.92 Å². The van der Waals surface area contributed by atoms with Crippen molar-refractivity contribution < 1.29 is 14.3 Å². The van der Waals surface area contributed by atoms with Crippen LogP contribution in [-0.4, -0.2) is 18.9 Å². The van der Waals surface area contributed by atoms with Crippen LogP contribution in [0.4, 0.5) is 5.69 Å². The molecule has 154 valence electrons. The van der Waals surface area contributed by atoms with Crippen molar-refractivity contribution in [2.24, 2.45) is 5.92 Å². The molecule has 1 aliphatic heterocycles. The molecule has 2 heterocycles. The second kappa shape index (κ2) is 8.71. The number of amides is 2. The summed E-state index contributed by atoms with van der Waals surface area (Å²) in [7, 11) is 1.62. The number of nitrogens with one attached hydrogen (secondary N) is 1. The summed E-state index contributed by atoms with van der Waals surface area (Å²) in [5.41, 5.74) is 2.94. The number of anilines is 1. The Bertz CT molecular complexity index is 1010. The first-order valence-electron chi connectivity index (χ1n) is 9.89. The van der Waals surface area contributed by atoms with Gasteiger partial charge in [0.15, 0.2) is 0 Å². The smallest absolute Gasteiger partial charge is 0.228 e. The van der Waals surface area contributed by atoms with Crippen LogP contribution in [0.2, 0.25) is 0 Å². The molecule has 0 bridgehead atoms. The first-order chi connectivity index (χ1) is 14.6. The summed E-state index contributed by atoms with van der Waals surface area (Å²) in [5, 5.41) is 5.00. The van der Waals surface area contributed by atoms with Gasteiger partial charge in [0.1, 0.15) is 5.75 Å². The fourth-order valence-electron chi connectivity index (χ4n) is 3.83. The summed E-state index contributed by atoms with van der Waals surface area (Å²) < 4.78 is 5.18. The minimum atomic E-state index is -0.435. The lowest BCUT2D eigenvalue weighted by atomic mass is 9.97. The second-order valence-corrected chi connectivity index (χ2v) is 8.42. The standard InChI is InChI=1S/C24H24N2O3S/c1-16-5-9-18(10-6-16)26-22(27)14-20(23(26)21-4-3-13-30-21)24(28)25-15-17-7-11-19(29-2)12-8-17/h3-13,20,23H,14-15H2,1-2H3,(H,25,28)/t20-,23-/m0/s1. The molecule has 0 unspecified atom stereocenters. The number of carbonyl (C=O) groups excluding carboxylic acids is 2. The molecule has 30 heavy (non-hydrogen) atoms. The molecular weight excluding hydrogens is 396 g/mol. The average molecular weight is 421 g/mol. The second-order valence-electron chi connectivity index (χ2n) is 7.44. The van der Waals surface area contributed by atoms with Gasteiger partial charge in [-0.15, -0.1) is 11.3 Å². The van der Waals surface area contributed by atoms with Crippen LogP contribution in [0.1, 0.15) is 28.5 Å². The zero-order valence-corrected chi connectivity index (χ0v) is 17.8. The summed E-state index contributed by atoms with van der Waals surface area (Å²) in [5.74, 6) is 0.211. The number of hydrogen-bond acceptors (Lipinski definition) is 4. The Balaban J connectivity index is 1.55. The van der Waals surface area contributed by atoms with Crippen LogP contribution in [0, 0.1) is 12.8 Å². The number of hydrogen-bond donors (Lipinski definition) is 1. The van der Waals surface area contributed by atoms with E-state index in [0.717, 1.165) is 27.4 Å². The van der Waals surface area contributed by atoms with Crippen LogP contribution in [0.25, 0.3) is 0 Å². The highest BCUT2D eigenvalue weighted by Crippen LogP contribution is 2.43. The summed E-state index contributed by atoms with van der Waals surface area (Å²) in [6, 6.07) is 19.1. The first-order valence-corrected chi connectivity index (χ1v) is 10.8. The molecule has 1 N–H and O–H groups in total. The molecule has 5 nitrogen and oxygen atoms in total. The number of carbonyl (C=O) groups is 2. The molecule has 3 aromatic rings. The molecule has 1 aromatic heterocycles. The van der Waals surface area contributed by atoms with E-state index in [0.29, 0.717) is 6.54 Å². The maximum Gasteiger partial charge on any atom is 0.228 e. The Morgan fingerprint density at radius 2 is 1.87 bits per heavy atom. The molecule has 4 rings (SSSR count). The minimum absolute atomic E-state index is 0.0261. The highest BCUT2D eigenvalue weighted by molar-refractivity contribution is 7.10. The number of nitrogens with zero attached hydrogens (tertiary/aromatic N) is 1. The van der Waals surface area contributed by atoms with Crippen LogP contribution in [0.3, 0.4) is 0 Å². The predicted octanol–water partition coefficient (Wildman–Crippen LogP) is 4.48. The van der Waals surface area contributed by atoms with Crippen LogP contribution in [0.5, 0.6) is 5.75 Å². The lowest BCUT2D eigenvalue weighted by molar-refractivity contribution is -0.126. The largest absolute Gasteiger partial charge is 0.497 e. The van der Waals surface area contributed by atoms with Gasteiger partial charge >= 0.3 is 0 Å². The molecule has 2 aromatic carbocycles. The van der Waals surface area contributed by atoms with Gasteiger partial charge in [0.25, 0.3) is 0 Å². The van der Waals surface area contributed by atoms with E-state index in [1.54, 1.807) is 23.3 Å². The third-order valence-electron chi connectivity index (χ3n) is 5.43.